The minimum atomic E-state index is -0.620. The Kier molecular flexibility index (Phi) is 32.8. The molecule has 0 fully saturated rings. The van der Waals surface area contributed by atoms with Crippen molar-refractivity contribution in [1.29, 1.82) is 0 Å². The number of rotatable bonds is 3. The van der Waals surface area contributed by atoms with Gasteiger partial charge in [0.25, 0.3) is 0 Å². The van der Waals surface area contributed by atoms with E-state index in [4.69, 9.17) is 56.8 Å². The number of benzene rings is 3. The van der Waals surface area contributed by atoms with Crippen molar-refractivity contribution in [2.24, 2.45) is 10.3 Å². The minimum Gasteiger partial charge on any atom is -0.411 e. The van der Waals surface area contributed by atoms with Crippen LogP contribution < -0.4 is 13.3 Å². The maximum Gasteiger partial charge on any atom is 0.179 e. The van der Waals surface area contributed by atoms with Gasteiger partial charge in [0.1, 0.15) is 17.5 Å². The van der Waals surface area contributed by atoms with Crippen LogP contribution >= 0.6 is 145 Å². The molecule has 218 valence electrons. The zero-order valence-electron chi connectivity index (χ0n) is 18.5. The number of nitrogens with zero attached hydrogens (tertiary/aromatic N) is 2. The van der Waals surface area contributed by atoms with E-state index in [0.29, 0.717) is 19.5 Å². The van der Waals surface area contributed by atoms with Gasteiger partial charge in [0.05, 0.1) is 38.0 Å². The number of carbonyl (C=O) groups is 1. The first kappa shape index (κ1) is 45.0. The molecule has 3 aromatic rings. The second kappa shape index (κ2) is 28.4. The number of carbonyl (C=O) groups excluding carboxylic acids is 1. The van der Waals surface area contributed by atoms with Gasteiger partial charge < -0.3 is 10.4 Å². The van der Waals surface area contributed by atoms with Crippen LogP contribution in [0.1, 0.15) is 21.5 Å². The van der Waals surface area contributed by atoms with Crippen molar-refractivity contribution in [2.75, 3.05) is 0 Å². The monoisotopic (exact) mass is 1300 g/mol. The van der Waals surface area contributed by atoms with Crippen molar-refractivity contribution >= 4 is 163 Å². The topological polar surface area (TPSA) is 82.2 Å². The molecule has 39 heavy (non-hydrogen) atoms. The van der Waals surface area contributed by atoms with E-state index < -0.39 is 17.5 Å². The Bertz CT molecular complexity index is 1140. The van der Waals surface area contributed by atoms with Gasteiger partial charge in [-0.25, -0.2) is 13.2 Å². The Labute approximate surface area is 313 Å². The summed E-state index contributed by atoms with van der Waals surface area (Å²) in [4.78, 5) is 10.1. The van der Waals surface area contributed by atoms with E-state index in [9.17, 15) is 18.0 Å². The fourth-order valence-electron chi connectivity index (χ4n) is 2.06. The molecule has 18 heteroatoms. The van der Waals surface area contributed by atoms with Crippen LogP contribution in [0.3, 0.4) is 0 Å². The number of halogens is 13. The number of oxime groups is 2. The minimum absolute atomic E-state index is 0. The van der Waals surface area contributed by atoms with Crippen molar-refractivity contribution in [3.63, 3.8) is 0 Å². The predicted octanol–water partition coefficient (Wildman–Crippen LogP) is 8.60. The maximum absolute atomic E-state index is 12.9. The standard InChI is InChI=1S/C7H4Cl2FNO.C7H5ClFNO.C7H4ClFO.I3.I2.HI/c8-4-2-1-3-5(10)6(4)7(9)11-12;8-6-2-1-3-7(9)5(6)4-10-11;8-6-2-1-3-7(9)5(6)4-10;1-3-2;1-2;/h1-3,12H;1-4,11H;1-4H;;;1H/q;;;-1;;/b11-7+;10-4-;;;;. The molecule has 3 rings (SSSR count). The third-order valence-corrected chi connectivity index (χ3v) is 4.80. The van der Waals surface area contributed by atoms with Gasteiger partial charge in [-0.2, -0.15) is 0 Å². The van der Waals surface area contributed by atoms with Gasteiger partial charge in [-0.3, -0.25) is 4.79 Å². The van der Waals surface area contributed by atoms with Crippen LogP contribution in [-0.4, -0.2) is 28.1 Å². The molecule has 0 aromatic heterocycles. The second-order valence-electron chi connectivity index (χ2n) is 5.67. The summed E-state index contributed by atoms with van der Waals surface area (Å²) in [7, 11) is 0. The summed E-state index contributed by atoms with van der Waals surface area (Å²) >= 11 is 31.5. The molecule has 0 amide bonds. The van der Waals surface area contributed by atoms with Crippen LogP contribution in [0.5, 0.6) is 0 Å². The molecular weight excluding hydrogens is 1290 g/mol. The molecule has 0 heterocycles. The largest absolute Gasteiger partial charge is 0.411 e. The molecule has 0 spiro atoms. The molecule has 0 aliphatic rings. The van der Waals surface area contributed by atoms with Gasteiger partial charge in [-0.05, 0) is 36.4 Å². The van der Waals surface area contributed by atoms with Gasteiger partial charge in [-0.15, -0.1) is 24.0 Å². The molecule has 0 unspecified atom stereocenters. The van der Waals surface area contributed by atoms with Crippen molar-refractivity contribution in [3.8, 4) is 0 Å². The maximum atomic E-state index is 12.9. The average molecular weight is 1300 g/mol. The Hall–Kier alpha value is 1.60. The third kappa shape index (κ3) is 18.8. The Balaban J connectivity index is -0.000000455. The number of hydrogen-bond acceptors (Lipinski definition) is 5. The normalized spacial score (nSPS) is 9.77. The van der Waals surface area contributed by atoms with Crippen molar-refractivity contribution in [2.45, 2.75) is 0 Å². The molecule has 0 radical (unpaired) electrons. The molecule has 0 aliphatic carbocycles. The van der Waals surface area contributed by atoms with Crippen LogP contribution in [0, 0.1) is 17.5 Å². The first-order valence-electron chi connectivity index (χ1n) is 8.93. The van der Waals surface area contributed by atoms with Crippen LogP contribution in [0.25, 0.3) is 0 Å². The number of aldehydes is 1. The van der Waals surface area contributed by atoms with Gasteiger partial charge >= 0.3 is 50.5 Å². The van der Waals surface area contributed by atoms with E-state index in [1.165, 1.54) is 54.6 Å². The molecule has 2 N–H and O–H groups in total. The summed E-state index contributed by atoms with van der Waals surface area (Å²) in [5, 5.41) is 21.8. The summed E-state index contributed by atoms with van der Waals surface area (Å²) < 4.78 is 38.2. The summed E-state index contributed by atoms with van der Waals surface area (Å²) in [6.45, 7) is 0. The van der Waals surface area contributed by atoms with Gasteiger partial charge in [0.2, 0.25) is 0 Å². The summed E-state index contributed by atoms with van der Waals surface area (Å²) in [5.74, 6) is -1.71. The van der Waals surface area contributed by atoms with Crippen molar-refractivity contribution in [3.05, 3.63) is 104 Å². The van der Waals surface area contributed by atoms with Gasteiger partial charge in [0.15, 0.2) is 11.5 Å². The molecular formula is C21H14Cl4F3I6N2O3-. The van der Waals surface area contributed by atoms with Crippen LogP contribution in [-0.2, 0) is 0 Å². The smallest absolute Gasteiger partial charge is 0.179 e. The average Bonchev–Trinajstić information content (AvgIpc) is 2.89. The van der Waals surface area contributed by atoms with E-state index in [2.05, 4.69) is 84.8 Å². The fourth-order valence-corrected chi connectivity index (χ4v) is 2.97. The quantitative estimate of drug-likeness (QED) is 0.0908. The molecule has 0 aliphatic heterocycles. The van der Waals surface area contributed by atoms with Crippen LogP contribution in [0.4, 0.5) is 13.2 Å². The van der Waals surface area contributed by atoms with E-state index in [-0.39, 0.29) is 60.9 Å². The zero-order valence-corrected chi connectivity index (χ0v) is 34.6. The summed E-state index contributed by atoms with van der Waals surface area (Å²) in [6.07, 6.45) is 1.36. The summed E-state index contributed by atoms with van der Waals surface area (Å²) in [6, 6.07) is 12.4. The van der Waals surface area contributed by atoms with Crippen LogP contribution in [0.2, 0.25) is 15.1 Å². The van der Waals surface area contributed by atoms with Crippen LogP contribution in [0.15, 0.2) is 64.9 Å². The van der Waals surface area contributed by atoms with Crippen molar-refractivity contribution < 1.29 is 41.6 Å². The molecule has 5 nitrogen and oxygen atoms in total. The Morgan fingerprint density at radius 2 is 1.18 bits per heavy atom. The Morgan fingerprint density at radius 1 is 0.795 bits per heavy atom. The first-order chi connectivity index (χ1) is 18.1. The molecule has 0 bridgehead atoms. The second-order valence-corrected chi connectivity index (χ2v) is 23.5. The Morgan fingerprint density at radius 3 is 1.49 bits per heavy atom. The molecule has 0 saturated heterocycles. The third-order valence-electron chi connectivity index (χ3n) is 3.56. The summed E-state index contributed by atoms with van der Waals surface area (Å²) in [5.41, 5.74) is -0.0795. The molecule has 0 saturated carbocycles. The first-order valence-corrected chi connectivity index (χ1v) is 29.3. The van der Waals surface area contributed by atoms with E-state index in [0.717, 1.165) is 6.21 Å². The van der Waals surface area contributed by atoms with E-state index >= 15 is 0 Å². The zero-order chi connectivity index (χ0) is 29.7. The van der Waals surface area contributed by atoms with E-state index in [1.807, 2.05) is 0 Å². The van der Waals surface area contributed by atoms with E-state index in [1.54, 1.807) is 0 Å². The molecule has 0 atom stereocenters. The SMILES string of the molecule is I.II.I[I-]I.O/N=C(/Cl)c1c(F)cccc1Cl.O/N=C\c1c(F)cccc1Cl.O=Cc1c(F)cccc1Cl. The predicted molar refractivity (Wildman–Crippen MR) is 195 cm³/mol. The number of hydrogen-bond donors (Lipinski definition) is 2. The van der Waals surface area contributed by atoms with Crippen molar-refractivity contribution in [1.82, 2.24) is 0 Å². The van der Waals surface area contributed by atoms with Gasteiger partial charge in [0, 0.05) is 37.2 Å². The van der Waals surface area contributed by atoms with Gasteiger partial charge in [-0.1, -0.05) is 74.9 Å². The fraction of sp³-hybridized carbons (Fsp3) is 0. The molecule has 3 aromatic carbocycles.